The molecule has 4 rings (SSSR count). The first-order chi connectivity index (χ1) is 14.6. The molecule has 8 nitrogen and oxygen atoms in total. The lowest BCUT2D eigenvalue weighted by Gasteiger charge is -2.30. The van der Waals surface area contributed by atoms with Crippen molar-refractivity contribution in [3.05, 3.63) is 29.6 Å². The van der Waals surface area contributed by atoms with E-state index in [1.54, 1.807) is 0 Å². The molecule has 1 aliphatic carbocycles. The Bertz CT molecular complexity index is 943. The fraction of sp³-hybridized carbons (Fsp3) is 0.650. The van der Waals surface area contributed by atoms with Crippen molar-refractivity contribution in [2.75, 3.05) is 19.3 Å². The molecule has 31 heavy (non-hydrogen) atoms. The normalized spacial score (nSPS) is 28.6. The molecule has 3 fully saturated rings. The Morgan fingerprint density at radius 1 is 1.35 bits per heavy atom. The van der Waals surface area contributed by atoms with Gasteiger partial charge in [-0.2, -0.15) is 5.48 Å². The molecule has 11 heteroatoms. The SMILES string of the molecule is CS(=O)(=O)c1ccc(C2NOC([C@@H](CC3CC3)[C@H](N)C(=O)N3CC[C@H](F)C3)N2)c(F)c1. The maximum atomic E-state index is 14.6. The van der Waals surface area contributed by atoms with Crippen molar-refractivity contribution in [3.63, 3.8) is 0 Å². The van der Waals surface area contributed by atoms with Crippen molar-refractivity contribution >= 4 is 15.7 Å². The molecule has 1 amide bonds. The summed E-state index contributed by atoms with van der Waals surface area (Å²) in [6.07, 6.45) is 1.70. The number of rotatable bonds is 7. The van der Waals surface area contributed by atoms with Gasteiger partial charge in [-0.15, -0.1) is 0 Å². The molecule has 5 atom stereocenters. The van der Waals surface area contributed by atoms with Crippen molar-refractivity contribution in [1.29, 1.82) is 0 Å². The van der Waals surface area contributed by atoms with Gasteiger partial charge in [-0.1, -0.05) is 18.9 Å². The van der Waals surface area contributed by atoms with Crippen LogP contribution in [0.5, 0.6) is 0 Å². The summed E-state index contributed by atoms with van der Waals surface area (Å²) in [6.45, 7) is 0.405. The first kappa shape index (κ1) is 22.5. The zero-order valence-corrected chi connectivity index (χ0v) is 18.1. The topological polar surface area (TPSA) is 114 Å². The van der Waals surface area contributed by atoms with Gasteiger partial charge < -0.3 is 10.6 Å². The molecule has 2 saturated heterocycles. The molecule has 0 radical (unpaired) electrons. The Morgan fingerprint density at radius 2 is 2.10 bits per heavy atom. The highest BCUT2D eigenvalue weighted by Crippen LogP contribution is 2.38. The number of alkyl halides is 1. The lowest BCUT2D eigenvalue weighted by atomic mass is 9.91. The molecule has 1 aromatic carbocycles. The third kappa shape index (κ3) is 5.06. The number of carbonyl (C=O) groups excluding carboxylic acids is 1. The third-order valence-corrected chi connectivity index (χ3v) is 7.35. The highest BCUT2D eigenvalue weighted by atomic mass is 32.2. The van der Waals surface area contributed by atoms with E-state index in [0.717, 1.165) is 25.2 Å². The van der Waals surface area contributed by atoms with Crippen LogP contribution in [-0.2, 0) is 19.5 Å². The number of sulfone groups is 1. The zero-order valence-electron chi connectivity index (χ0n) is 17.3. The molecule has 0 aromatic heterocycles. The Labute approximate surface area is 180 Å². The first-order valence-electron chi connectivity index (χ1n) is 10.5. The molecule has 2 heterocycles. The summed E-state index contributed by atoms with van der Waals surface area (Å²) in [6, 6.07) is 2.82. The number of nitrogens with two attached hydrogens (primary N) is 1. The predicted molar refractivity (Wildman–Crippen MR) is 108 cm³/mol. The van der Waals surface area contributed by atoms with Crippen LogP contribution in [0.3, 0.4) is 0 Å². The van der Waals surface area contributed by atoms with Crippen LogP contribution in [0, 0.1) is 17.7 Å². The van der Waals surface area contributed by atoms with Gasteiger partial charge in [0, 0.05) is 24.3 Å². The smallest absolute Gasteiger partial charge is 0.240 e. The molecule has 172 valence electrons. The maximum absolute atomic E-state index is 14.6. The Kier molecular flexibility index (Phi) is 6.32. The van der Waals surface area contributed by atoms with Gasteiger partial charge in [0.2, 0.25) is 5.91 Å². The van der Waals surface area contributed by atoms with Crippen molar-refractivity contribution < 1.29 is 26.8 Å². The van der Waals surface area contributed by atoms with Gasteiger partial charge >= 0.3 is 0 Å². The van der Waals surface area contributed by atoms with Crippen LogP contribution in [0.1, 0.15) is 37.4 Å². The van der Waals surface area contributed by atoms with Crippen LogP contribution >= 0.6 is 0 Å². The van der Waals surface area contributed by atoms with E-state index in [2.05, 4.69) is 10.8 Å². The molecular weight excluding hydrogens is 430 g/mol. The summed E-state index contributed by atoms with van der Waals surface area (Å²) in [5.74, 6) is -0.924. The second-order valence-electron chi connectivity index (χ2n) is 8.75. The minimum absolute atomic E-state index is 0.0560. The number of halogens is 2. The summed E-state index contributed by atoms with van der Waals surface area (Å²) in [5.41, 5.74) is 9.24. The summed E-state index contributed by atoms with van der Waals surface area (Å²) in [5, 5.41) is 3.13. The van der Waals surface area contributed by atoms with E-state index in [0.29, 0.717) is 25.3 Å². The first-order valence-corrected chi connectivity index (χ1v) is 12.4. The average Bonchev–Trinajstić information content (AvgIpc) is 3.22. The molecule has 1 aromatic rings. The number of hydrogen-bond donors (Lipinski definition) is 3. The highest BCUT2D eigenvalue weighted by molar-refractivity contribution is 7.90. The molecule has 3 aliphatic rings. The Balaban J connectivity index is 1.47. The number of hydroxylamine groups is 1. The largest absolute Gasteiger partial charge is 0.338 e. The molecule has 0 bridgehead atoms. The fourth-order valence-corrected chi connectivity index (χ4v) is 4.85. The van der Waals surface area contributed by atoms with E-state index < -0.39 is 40.3 Å². The molecular formula is C20H28F2N4O4S. The van der Waals surface area contributed by atoms with Crippen LogP contribution in [0.4, 0.5) is 8.78 Å². The summed E-state index contributed by atoms with van der Waals surface area (Å²) >= 11 is 0. The second kappa shape index (κ2) is 8.70. The fourth-order valence-electron chi connectivity index (χ4n) is 4.22. The molecule has 4 N–H and O–H groups in total. The van der Waals surface area contributed by atoms with Crippen molar-refractivity contribution in [2.24, 2.45) is 17.6 Å². The highest BCUT2D eigenvalue weighted by Gasteiger charge is 2.43. The number of nitrogens with zero attached hydrogens (tertiary/aromatic N) is 1. The third-order valence-electron chi connectivity index (χ3n) is 6.23. The predicted octanol–water partition coefficient (Wildman–Crippen LogP) is 0.992. The van der Waals surface area contributed by atoms with Gasteiger partial charge in [0.25, 0.3) is 0 Å². The minimum atomic E-state index is -3.53. The van der Waals surface area contributed by atoms with Crippen molar-refractivity contribution in [3.8, 4) is 0 Å². The number of amides is 1. The van der Waals surface area contributed by atoms with E-state index in [1.807, 2.05) is 0 Å². The number of hydrogen-bond acceptors (Lipinski definition) is 7. The molecule has 1 saturated carbocycles. The average molecular weight is 459 g/mol. The van der Waals surface area contributed by atoms with Crippen molar-refractivity contribution in [1.82, 2.24) is 15.7 Å². The summed E-state index contributed by atoms with van der Waals surface area (Å²) in [4.78, 5) is 19.8. The number of likely N-dealkylation sites (tertiary alicyclic amines) is 1. The standard InChI is InChI=1S/C20H28F2N4O4S/c1-31(28,29)13-4-5-14(16(22)9-13)18-24-19(30-25-18)15(8-11-2-3-11)17(23)20(27)26-7-6-12(21)10-26/h4-5,9,11-12,15,17-19,24-25H,2-3,6-8,10,23H2,1H3/t12-,15-,17-,18?,19?/m0/s1. The minimum Gasteiger partial charge on any atom is -0.338 e. The number of nitrogens with one attached hydrogen (secondary N) is 2. The van der Waals surface area contributed by atoms with E-state index in [1.165, 1.54) is 17.0 Å². The van der Waals surface area contributed by atoms with Gasteiger partial charge in [-0.3, -0.25) is 14.9 Å². The Hall–Kier alpha value is -1.66. The second-order valence-corrected chi connectivity index (χ2v) is 10.8. The van der Waals surface area contributed by atoms with Gasteiger partial charge in [0.15, 0.2) is 9.84 Å². The maximum Gasteiger partial charge on any atom is 0.240 e. The number of carbonyl (C=O) groups is 1. The Morgan fingerprint density at radius 3 is 2.68 bits per heavy atom. The lowest BCUT2D eigenvalue weighted by Crippen LogP contribution is -2.52. The van der Waals surface area contributed by atoms with Crippen molar-refractivity contribution in [2.45, 2.75) is 55.2 Å². The summed E-state index contributed by atoms with van der Waals surface area (Å²) < 4.78 is 51.4. The monoisotopic (exact) mass is 458 g/mol. The van der Waals surface area contributed by atoms with E-state index in [-0.39, 0.29) is 28.8 Å². The van der Waals surface area contributed by atoms with Crippen LogP contribution in [0.15, 0.2) is 23.1 Å². The van der Waals surface area contributed by atoms with E-state index in [9.17, 15) is 22.0 Å². The van der Waals surface area contributed by atoms with Crippen LogP contribution < -0.4 is 16.5 Å². The van der Waals surface area contributed by atoms with Gasteiger partial charge in [-0.25, -0.2) is 17.2 Å². The number of benzene rings is 1. The zero-order chi connectivity index (χ0) is 22.3. The van der Waals surface area contributed by atoms with Gasteiger partial charge in [0.05, 0.1) is 17.5 Å². The molecule has 2 unspecified atom stereocenters. The van der Waals surface area contributed by atoms with E-state index >= 15 is 0 Å². The van der Waals surface area contributed by atoms with Crippen LogP contribution in [0.2, 0.25) is 0 Å². The lowest BCUT2D eigenvalue weighted by molar-refractivity contribution is -0.135. The molecule has 2 aliphatic heterocycles. The quantitative estimate of drug-likeness (QED) is 0.558. The van der Waals surface area contributed by atoms with E-state index in [4.69, 9.17) is 10.6 Å². The molecule has 0 spiro atoms. The van der Waals surface area contributed by atoms with Gasteiger partial charge in [-0.05, 0) is 30.9 Å². The van der Waals surface area contributed by atoms with Gasteiger partial charge in [0.1, 0.15) is 24.4 Å². The van der Waals surface area contributed by atoms with Crippen LogP contribution in [-0.4, -0.2) is 57.0 Å². The van der Waals surface area contributed by atoms with Crippen LogP contribution in [0.25, 0.3) is 0 Å². The summed E-state index contributed by atoms with van der Waals surface area (Å²) in [7, 11) is -3.53.